The van der Waals surface area contributed by atoms with Gasteiger partial charge in [0.1, 0.15) is 11.6 Å². The van der Waals surface area contributed by atoms with Gasteiger partial charge < -0.3 is 20.1 Å². The van der Waals surface area contributed by atoms with Gasteiger partial charge in [0.15, 0.2) is 17.0 Å². The first kappa shape index (κ1) is 23.6. The summed E-state index contributed by atoms with van der Waals surface area (Å²) in [6.45, 7) is 4.33. The van der Waals surface area contributed by atoms with Crippen molar-refractivity contribution in [3.8, 4) is 11.4 Å². The molecule has 0 aliphatic rings. The van der Waals surface area contributed by atoms with Crippen LogP contribution in [-0.2, 0) is 13.1 Å². The third-order valence-corrected chi connectivity index (χ3v) is 5.62. The van der Waals surface area contributed by atoms with E-state index in [1.807, 2.05) is 30.6 Å². The molecule has 3 aromatic heterocycles. The maximum absolute atomic E-state index is 14.0. The Morgan fingerprint density at radius 1 is 1.00 bits per heavy atom. The number of nitrogens with zero attached hydrogens (tertiary/aromatic N) is 7. The molecule has 1 aromatic carbocycles. The van der Waals surface area contributed by atoms with Crippen LogP contribution >= 0.6 is 0 Å². The average Bonchev–Trinajstić information content (AvgIpc) is 3.17. The predicted octanol–water partition coefficient (Wildman–Crippen LogP) is 3.96. The zero-order valence-electron chi connectivity index (χ0n) is 20.2. The molecule has 0 unspecified atom stereocenters. The first-order valence-corrected chi connectivity index (χ1v) is 11.4. The summed E-state index contributed by atoms with van der Waals surface area (Å²) in [4.78, 5) is 22.2. The van der Waals surface area contributed by atoms with E-state index in [0.717, 1.165) is 31.5 Å². The lowest BCUT2D eigenvalue weighted by molar-refractivity contribution is 0.402. The van der Waals surface area contributed by atoms with Crippen molar-refractivity contribution in [1.29, 1.82) is 0 Å². The monoisotopic (exact) mass is 462 g/mol. The van der Waals surface area contributed by atoms with Gasteiger partial charge in [-0.1, -0.05) is 37.6 Å². The zero-order valence-corrected chi connectivity index (χ0v) is 20.2. The highest BCUT2D eigenvalue weighted by Gasteiger charge is 2.20. The van der Waals surface area contributed by atoms with Crippen LogP contribution in [0.5, 0.6) is 0 Å². The molecule has 4 aromatic rings. The van der Waals surface area contributed by atoms with Crippen molar-refractivity contribution in [1.82, 2.24) is 29.4 Å². The third kappa shape index (κ3) is 5.14. The second-order valence-corrected chi connectivity index (χ2v) is 8.82. The molecular weight excluding hydrogens is 431 g/mol. The minimum atomic E-state index is -0.428. The molecule has 8 nitrogen and oxygen atoms in total. The number of nitrogen functional groups attached to an aromatic ring is 1. The zero-order chi connectivity index (χ0) is 24.2. The van der Waals surface area contributed by atoms with Crippen LogP contribution in [0.3, 0.4) is 0 Å². The van der Waals surface area contributed by atoms with Crippen LogP contribution in [0.15, 0.2) is 42.7 Å². The molecule has 0 amide bonds. The van der Waals surface area contributed by atoms with Gasteiger partial charge in [-0.2, -0.15) is 9.97 Å². The molecule has 0 radical (unpaired) electrons. The Labute approximate surface area is 199 Å². The summed E-state index contributed by atoms with van der Waals surface area (Å²) in [6.07, 6.45) is 4.87. The smallest absolute Gasteiger partial charge is 0.229 e. The van der Waals surface area contributed by atoms with Crippen LogP contribution in [0.25, 0.3) is 22.6 Å². The van der Waals surface area contributed by atoms with Gasteiger partial charge in [0.2, 0.25) is 5.95 Å². The highest BCUT2D eigenvalue weighted by molar-refractivity contribution is 5.86. The van der Waals surface area contributed by atoms with E-state index in [2.05, 4.69) is 46.1 Å². The number of unbranched alkanes of at least 4 members (excludes halogenated alkanes) is 1. The lowest BCUT2D eigenvalue weighted by Gasteiger charge is -2.17. The molecule has 0 spiro atoms. The SMILES string of the molecule is CCCCN(C)c1nc(N)c2nc(-c3cncc(F)c3)n(Cc3ccc(CN(C)C)cc3)c2n1. The molecular formula is C25H31FN8. The van der Waals surface area contributed by atoms with E-state index in [0.29, 0.717) is 40.9 Å². The number of fused-ring (bicyclic) bond motifs is 1. The van der Waals surface area contributed by atoms with Crippen LogP contribution in [0.1, 0.15) is 30.9 Å². The number of hydrogen-bond donors (Lipinski definition) is 1. The van der Waals surface area contributed by atoms with E-state index in [4.69, 9.17) is 15.7 Å². The second kappa shape index (κ2) is 10.1. The van der Waals surface area contributed by atoms with E-state index in [1.165, 1.54) is 17.8 Å². The first-order chi connectivity index (χ1) is 16.4. The average molecular weight is 463 g/mol. The van der Waals surface area contributed by atoms with Crippen molar-refractivity contribution in [2.75, 3.05) is 38.3 Å². The molecule has 0 bridgehead atoms. The number of benzene rings is 1. The molecule has 0 saturated heterocycles. The Morgan fingerprint density at radius 2 is 1.74 bits per heavy atom. The minimum absolute atomic E-state index is 0.300. The number of rotatable bonds is 9. The fourth-order valence-corrected chi connectivity index (χ4v) is 3.88. The topological polar surface area (TPSA) is 89.0 Å². The van der Waals surface area contributed by atoms with Crippen LogP contribution in [0.2, 0.25) is 0 Å². The quantitative estimate of drug-likeness (QED) is 0.403. The highest BCUT2D eigenvalue weighted by Crippen LogP contribution is 2.29. The molecule has 0 saturated carbocycles. The standard InChI is InChI=1S/C25H31FN8/c1-5-6-11-33(4)25-30-22(27)21-24(31-25)34(23(29-21)19-12-20(26)14-28-13-19)16-18-9-7-17(8-10-18)15-32(2)3/h7-10,12-14H,5-6,11,15-16H2,1-4H3,(H2,27,30,31). The summed E-state index contributed by atoms with van der Waals surface area (Å²) in [5.41, 5.74) is 10.3. The van der Waals surface area contributed by atoms with E-state index >= 15 is 0 Å². The Kier molecular flexibility index (Phi) is 7.02. The normalized spacial score (nSPS) is 11.5. The summed E-state index contributed by atoms with van der Waals surface area (Å²) < 4.78 is 16.0. The molecule has 3 heterocycles. The Hall–Kier alpha value is -3.59. The van der Waals surface area contributed by atoms with E-state index in [-0.39, 0.29) is 0 Å². The number of pyridine rings is 1. The molecule has 178 valence electrons. The van der Waals surface area contributed by atoms with E-state index < -0.39 is 5.82 Å². The number of imidazole rings is 1. The first-order valence-electron chi connectivity index (χ1n) is 11.4. The number of hydrogen-bond acceptors (Lipinski definition) is 7. The summed E-state index contributed by atoms with van der Waals surface area (Å²) >= 11 is 0. The molecule has 2 N–H and O–H groups in total. The third-order valence-electron chi connectivity index (χ3n) is 5.62. The van der Waals surface area contributed by atoms with Gasteiger partial charge in [-0.25, -0.2) is 9.37 Å². The Balaban J connectivity index is 1.82. The molecule has 34 heavy (non-hydrogen) atoms. The summed E-state index contributed by atoms with van der Waals surface area (Å²) in [5.74, 6) is 0.968. The lowest BCUT2D eigenvalue weighted by atomic mass is 10.1. The Bertz CT molecular complexity index is 1270. The maximum Gasteiger partial charge on any atom is 0.229 e. The molecule has 0 aliphatic heterocycles. The van der Waals surface area contributed by atoms with Gasteiger partial charge in [-0.3, -0.25) is 4.98 Å². The largest absolute Gasteiger partial charge is 0.382 e. The van der Waals surface area contributed by atoms with Crippen molar-refractivity contribution in [3.63, 3.8) is 0 Å². The van der Waals surface area contributed by atoms with Gasteiger partial charge >= 0.3 is 0 Å². The van der Waals surface area contributed by atoms with Gasteiger partial charge in [0.05, 0.1) is 12.7 Å². The van der Waals surface area contributed by atoms with Gasteiger partial charge in [-0.05, 0) is 37.7 Å². The molecule has 0 atom stereocenters. The predicted molar refractivity (Wildman–Crippen MR) is 134 cm³/mol. The van der Waals surface area contributed by atoms with Crippen molar-refractivity contribution < 1.29 is 4.39 Å². The number of nitrogens with two attached hydrogens (primary N) is 1. The van der Waals surface area contributed by atoms with Crippen molar-refractivity contribution >= 4 is 22.9 Å². The Morgan fingerprint density at radius 3 is 2.41 bits per heavy atom. The van der Waals surface area contributed by atoms with Crippen LogP contribution in [0.4, 0.5) is 16.2 Å². The van der Waals surface area contributed by atoms with Crippen molar-refractivity contribution in [2.45, 2.75) is 32.9 Å². The van der Waals surface area contributed by atoms with Gasteiger partial charge in [0, 0.05) is 31.9 Å². The van der Waals surface area contributed by atoms with Crippen LogP contribution < -0.4 is 10.6 Å². The van der Waals surface area contributed by atoms with Gasteiger partial charge in [0.25, 0.3) is 0 Å². The number of aromatic nitrogens is 5. The van der Waals surface area contributed by atoms with E-state index in [1.54, 1.807) is 6.20 Å². The number of halogens is 1. The fraction of sp³-hybridized carbons (Fsp3) is 0.360. The summed E-state index contributed by atoms with van der Waals surface area (Å²) in [5, 5.41) is 0. The minimum Gasteiger partial charge on any atom is -0.382 e. The van der Waals surface area contributed by atoms with Crippen LogP contribution in [0, 0.1) is 5.82 Å². The molecule has 0 fully saturated rings. The van der Waals surface area contributed by atoms with Crippen molar-refractivity contribution in [2.24, 2.45) is 0 Å². The van der Waals surface area contributed by atoms with Crippen molar-refractivity contribution in [3.05, 3.63) is 59.7 Å². The van der Waals surface area contributed by atoms with Crippen LogP contribution in [-0.4, -0.2) is 57.1 Å². The number of anilines is 2. The summed E-state index contributed by atoms with van der Waals surface area (Å²) in [6, 6.07) is 9.84. The molecule has 9 heteroatoms. The summed E-state index contributed by atoms with van der Waals surface area (Å²) in [7, 11) is 6.05. The lowest BCUT2D eigenvalue weighted by Crippen LogP contribution is -2.21. The second-order valence-electron chi connectivity index (χ2n) is 8.82. The highest BCUT2D eigenvalue weighted by atomic mass is 19.1. The maximum atomic E-state index is 14.0. The van der Waals surface area contributed by atoms with Gasteiger partial charge in [-0.15, -0.1) is 0 Å². The fourth-order valence-electron chi connectivity index (χ4n) is 3.88. The molecule has 0 aliphatic carbocycles. The molecule has 4 rings (SSSR count). The van der Waals surface area contributed by atoms with E-state index in [9.17, 15) is 4.39 Å².